The molecule has 308 valence electrons. The number of carbonyl (C=O) groups excluding carboxylic acids is 5. The van der Waals surface area contributed by atoms with Gasteiger partial charge in [-0.25, -0.2) is 29.0 Å². The molecule has 4 aromatic carbocycles. The number of unbranched alkanes of at least 4 members (excludes halogenated alkanes) is 1. The van der Waals surface area contributed by atoms with Crippen LogP contribution in [0.15, 0.2) is 134 Å². The Morgan fingerprint density at radius 3 is 2.03 bits per heavy atom. The Morgan fingerprint density at radius 1 is 0.717 bits per heavy atom. The molecule has 0 aliphatic rings. The van der Waals surface area contributed by atoms with Crippen molar-refractivity contribution < 1.29 is 57.1 Å². The summed E-state index contributed by atoms with van der Waals surface area (Å²) in [5.41, 5.74) is 4.45. The fraction of sp³-hybridized carbons (Fsp3) is 0.159. The van der Waals surface area contributed by atoms with Gasteiger partial charge < -0.3 is 33.2 Å². The Bertz CT molecular complexity index is 2320. The lowest BCUT2D eigenvalue weighted by atomic mass is 10.1. The molecule has 5 rings (SSSR count). The van der Waals surface area contributed by atoms with E-state index in [0.29, 0.717) is 48.1 Å². The molecule has 1 heterocycles. The van der Waals surface area contributed by atoms with Crippen molar-refractivity contribution in [1.29, 1.82) is 0 Å². The number of nitrogens with zero attached hydrogens (tertiary/aromatic N) is 2. The number of hydrogen-bond acceptors (Lipinski definition) is 16. The van der Waals surface area contributed by atoms with Crippen LogP contribution < -0.4 is 24.4 Å². The number of ether oxygens (including phenoxy) is 7. The van der Waals surface area contributed by atoms with Gasteiger partial charge in [-0.2, -0.15) is 5.10 Å². The van der Waals surface area contributed by atoms with Gasteiger partial charge in [-0.05, 0) is 98.1 Å². The van der Waals surface area contributed by atoms with Crippen LogP contribution in [0.3, 0.4) is 0 Å². The molecule has 0 saturated heterocycles. The van der Waals surface area contributed by atoms with Crippen LogP contribution in [0.4, 0.5) is 5.13 Å². The average Bonchev–Trinajstić information content (AvgIpc) is 3.69. The highest BCUT2D eigenvalue weighted by Gasteiger charge is 2.17. The Balaban J connectivity index is 1.20. The molecule has 0 spiro atoms. The van der Waals surface area contributed by atoms with Gasteiger partial charge in [0.05, 0.1) is 34.2 Å². The van der Waals surface area contributed by atoms with Crippen LogP contribution >= 0.6 is 11.3 Å². The van der Waals surface area contributed by atoms with Crippen LogP contribution in [-0.2, 0) is 28.6 Å². The minimum Gasteiger partial charge on any atom is -0.494 e. The molecule has 60 heavy (non-hydrogen) atoms. The smallest absolute Gasteiger partial charge is 0.343 e. The molecule has 0 fully saturated rings. The van der Waals surface area contributed by atoms with Gasteiger partial charge in [0.25, 0.3) is 0 Å². The third kappa shape index (κ3) is 13.5. The number of rotatable bonds is 22. The number of para-hydroxylation sites is 1. The van der Waals surface area contributed by atoms with E-state index in [2.05, 4.69) is 35.2 Å². The topological polar surface area (TPSA) is 187 Å². The Morgan fingerprint density at radius 2 is 1.35 bits per heavy atom. The monoisotopic (exact) mass is 833 g/mol. The van der Waals surface area contributed by atoms with Gasteiger partial charge in [0.1, 0.15) is 35.7 Å². The minimum atomic E-state index is -0.674. The quantitative estimate of drug-likeness (QED) is 0.0105. The van der Waals surface area contributed by atoms with Crippen molar-refractivity contribution in [2.45, 2.75) is 25.4 Å². The number of hydrazone groups is 1. The normalized spacial score (nSPS) is 11.1. The van der Waals surface area contributed by atoms with Crippen molar-refractivity contribution in [2.75, 3.05) is 25.4 Å². The summed E-state index contributed by atoms with van der Waals surface area (Å²) in [4.78, 5) is 65.2. The predicted octanol–water partition coefficient (Wildman–Crippen LogP) is 7.62. The predicted molar refractivity (Wildman–Crippen MR) is 222 cm³/mol. The van der Waals surface area contributed by atoms with E-state index in [-0.39, 0.29) is 36.0 Å². The second kappa shape index (κ2) is 22.4. The highest BCUT2D eigenvalue weighted by Crippen LogP contribution is 2.28. The molecular formula is C44H39N3O12S. The molecule has 0 radical (unpaired) electrons. The lowest BCUT2D eigenvalue weighted by molar-refractivity contribution is -0.153. The number of hydrogen-bond donors (Lipinski definition) is 1. The number of benzene rings is 4. The van der Waals surface area contributed by atoms with Gasteiger partial charge in [0, 0.05) is 23.8 Å². The highest BCUT2D eigenvalue weighted by molar-refractivity contribution is 7.22. The van der Waals surface area contributed by atoms with Crippen LogP contribution in [0.25, 0.3) is 10.2 Å². The SMILES string of the molecule is C=CC(=O)OCOc1ccc(C(=O)Oc2ccc(OC(=O)c3ccc(OCCCCC(COC(=O)C=C)OC(=O)C=C)cc3)c(/C=N/Nc3nc4ccccc4s3)c2)cc1. The Hall–Kier alpha value is -7.59. The van der Waals surface area contributed by atoms with Crippen molar-refractivity contribution in [3.05, 3.63) is 146 Å². The summed E-state index contributed by atoms with van der Waals surface area (Å²) in [6.45, 7) is 9.94. The minimum absolute atomic E-state index is 0.109. The maximum atomic E-state index is 13.3. The summed E-state index contributed by atoms with van der Waals surface area (Å²) in [5, 5.41) is 4.83. The maximum absolute atomic E-state index is 13.3. The van der Waals surface area contributed by atoms with Crippen molar-refractivity contribution in [2.24, 2.45) is 5.10 Å². The van der Waals surface area contributed by atoms with E-state index in [1.165, 1.54) is 60.0 Å². The largest absolute Gasteiger partial charge is 0.494 e. The number of carbonyl (C=O) groups is 5. The van der Waals surface area contributed by atoms with Gasteiger partial charge in [0.2, 0.25) is 11.9 Å². The molecule has 1 aromatic heterocycles. The molecule has 0 amide bonds. The molecule has 1 N–H and O–H groups in total. The first-order chi connectivity index (χ1) is 29.1. The highest BCUT2D eigenvalue weighted by atomic mass is 32.1. The number of thiazole rings is 1. The van der Waals surface area contributed by atoms with Gasteiger partial charge in [-0.3, -0.25) is 5.43 Å². The molecule has 0 aliphatic carbocycles. The van der Waals surface area contributed by atoms with Crippen molar-refractivity contribution in [3.63, 3.8) is 0 Å². The molecule has 1 unspecified atom stereocenters. The lowest BCUT2D eigenvalue weighted by Crippen LogP contribution is -2.24. The molecule has 15 nitrogen and oxygen atoms in total. The zero-order valence-corrected chi connectivity index (χ0v) is 32.9. The molecule has 16 heteroatoms. The number of aromatic nitrogens is 1. The summed E-state index contributed by atoms with van der Waals surface area (Å²) in [6, 6.07) is 24.4. The summed E-state index contributed by atoms with van der Waals surface area (Å²) in [6.07, 6.45) is 5.47. The van der Waals surface area contributed by atoms with Crippen molar-refractivity contribution in [1.82, 2.24) is 4.98 Å². The van der Waals surface area contributed by atoms with E-state index in [0.717, 1.165) is 28.4 Å². The second-order valence-electron chi connectivity index (χ2n) is 12.3. The third-order valence-corrected chi connectivity index (χ3v) is 8.98. The van der Waals surface area contributed by atoms with Gasteiger partial charge in [-0.15, -0.1) is 0 Å². The zero-order valence-electron chi connectivity index (χ0n) is 32.1. The second-order valence-corrected chi connectivity index (χ2v) is 13.3. The molecule has 0 bridgehead atoms. The number of fused-ring (bicyclic) bond motifs is 1. The standard InChI is InChI=1S/C44H39N3O12S/c1-4-39(48)54-27-35(57-41(50)6-3)11-9-10-24-53-32-18-14-30(15-19-32)43(52)59-37-23-22-34(25-31(37)26-45-47-44-46-36-12-7-8-13-38(36)60-44)58-42(51)29-16-20-33(21-17-29)55-28-56-40(49)5-2/h4-8,12-23,25-26,35H,1-3,9-11,24,27-28H2,(H,46,47)/b45-26+. The van der Waals surface area contributed by atoms with E-state index in [4.69, 9.17) is 33.2 Å². The van der Waals surface area contributed by atoms with E-state index >= 15 is 0 Å². The van der Waals surface area contributed by atoms with Crippen LogP contribution in [-0.4, -0.2) is 67.2 Å². The van der Waals surface area contributed by atoms with Gasteiger partial charge >= 0.3 is 29.8 Å². The van der Waals surface area contributed by atoms with E-state index in [1.54, 1.807) is 24.3 Å². The van der Waals surface area contributed by atoms with Crippen LogP contribution in [0.5, 0.6) is 23.0 Å². The Kier molecular flexibility index (Phi) is 16.2. The summed E-state index contributed by atoms with van der Waals surface area (Å²) in [7, 11) is 0. The molecule has 1 atom stereocenters. The summed E-state index contributed by atoms with van der Waals surface area (Å²) >= 11 is 1.40. The number of anilines is 1. The van der Waals surface area contributed by atoms with Crippen LogP contribution in [0.1, 0.15) is 45.5 Å². The maximum Gasteiger partial charge on any atom is 0.343 e. The molecule has 5 aromatic rings. The van der Waals surface area contributed by atoms with E-state index in [9.17, 15) is 24.0 Å². The summed E-state index contributed by atoms with van der Waals surface area (Å²) < 4.78 is 38.6. The van der Waals surface area contributed by atoms with Crippen molar-refractivity contribution >= 4 is 62.7 Å². The van der Waals surface area contributed by atoms with Crippen LogP contribution in [0.2, 0.25) is 0 Å². The first kappa shape index (κ1) is 43.5. The lowest BCUT2D eigenvalue weighted by Gasteiger charge is -2.16. The zero-order chi connectivity index (χ0) is 42.7. The fourth-order valence-corrected chi connectivity index (χ4v) is 5.88. The van der Waals surface area contributed by atoms with Gasteiger partial charge in [-0.1, -0.05) is 43.2 Å². The van der Waals surface area contributed by atoms with E-state index in [1.807, 2.05) is 24.3 Å². The first-order valence-electron chi connectivity index (χ1n) is 18.2. The first-order valence-corrected chi connectivity index (χ1v) is 19.1. The van der Waals surface area contributed by atoms with Crippen molar-refractivity contribution in [3.8, 4) is 23.0 Å². The van der Waals surface area contributed by atoms with Crippen LogP contribution in [0, 0.1) is 0 Å². The Labute approximate surface area is 348 Å². The molecule has 0 saturated carbocycles. The third-order valence-electron chi connectivity index (χ3n) is 8.04. The molecular weight excluding hydrogens is 795 g/mol. The number of esters is 5. The average molecular weight is 834 g/mol. The van der Waals surface area contributed by atoms with E-state index < -0.39 is 36.0 Å². The van der Waals surface area contributed by atoms with Gasteiger partial charge in [0.15, 0.2) is 0 Å². The molecule has 0 aliphatic heterocycles. The summed E-state index contributed by atoms with van der Waals surface area (Å²) in [5.74, 6) is -2.08. The number of nitrogens with one attached hydrogen (secondary N) is 1. The fourth-order valence-electron chi connectivity index (χ4n) is 5.06.